The summed E-state index contributed by atoms with van der Waals surface area (Å²) < 4.78 is 11.2. The molecule has 0 aliphatic carbocycles. The van der Waals surface area contributed by atoms with E-state index in [1.54, 1.807) is 24.3 Å². The third kappa shape index (κ3) is 5.16. The highest BCUT2D eigenvalue weighted by molar-refractivity contribution is 6.06. The summed E-state index contributed by atoms with van der Waals surface area (Å²) in [6.45, 7) is 10.0. The summed E-state index contributed by atoms with van der Waals surface area (Å²) in [5, 5.41) is 2.87. The molecule has 0 fully saturated rings. The lowest BCUT2D eigenvalue weighted by molar-refractivity contribution is 0.102. The lowest BCUT2D eigenvalue weighted by Crippen LogP contribution is -2.15. The van der Waals surface area contributed by atoms with Crippen molar-refractivity contribution in [3.05, 3.63) is 66.2 Å². The molecule has 2 aromatic carbocycles. The van der Waals surface area contributed by atoms with Crippen molar-refractivity contribution in [2.24, 2.45) is 0 Å². The minimum absolute atomic E-state index is 0.00343. The maximum absolute atomic E-state index is 12.5. The average Bonchev–Trinajstić information content (AvgIpc) is 2.54. The van der Waals surface area contributed by atoms with Crippen LogP contribution in [-0.4, -0.2) is 18.6 Å². The molecule has 4 heteroatoms. The largest absolute Gasteiger partial charge is 0.490 e. The van der Waals surface area contributed by atoms with Crippen LogP contribution in [0.1, 0.15) is 31.1 Å². The van der Waals surface area contributed by atoms with Crippen LogP contribution in [0.2, 0.25) is 0 Å². The van der Waals surface area contributed by atoms with Crippen LogP contribution < -0.4 is 14.8 Å². The molecule has 0 aliphatic heterocycles. The van der Waals surface area contributed by atoms with Crippen LogP contribution in [0.5, 0.6) is 11.5 Å². The number of ether oxygens (including phenoxy) is 2. The van der Waals surface area contributed by atoms with E-state index in [0.717, 1.165) is 11.3 Å². The van der Waals surface area contributed by atoms with Gasteiger partial charge in [-0.05, 0) is 62.7 Å². The fourth-order valence-corrected chi connectivity index (χ4v) is 2.05. The third-order valence-corrected chi connectivity index (χ3v) is 3.09. The first-order valence-corrected chi connectivity index (χ1v) is 7.90. The zero-order chi connectivity index (χ0) is 17.5. The summed E-state index contributed by atoms with van der Waals surface area (Å²) in [6.07, 6.45) is 0.00343. The fourth-order valence-electron chi connectivity index (χ4n) is 2.05. The van der Waals surface area contributed by atoms with Gasteiger partial charge in [-0.25, -0.2) is 0 Å². The SMILES string of the molecule is C=C(C)COc1ccc(NC(=O)c2ccccc2OC(C)C)cc1. The molecule has 0 atom stereocenters. The normalized spacial score (nSPS) is 10.3. The van der Waals surface area contributed by atoms with Crippen molar-refractivity contribution in [3.63, 3.8) is 0 Å². The summed E-state index contributed by atoms with van der Waals surface area (Å²) in [5.41, 5.74) is 2.16. The minimum atomic E-state index is -0.207. The van der Waals surface area contributed by atoms with Crippen molar-refractivity contribution < 1.29 is 14.3 Å². The minimum Gasteiger partial charge on any atom is -0.490 e. The smallest absolute Gasteiger partial charge is 0.259 e. The van der Waals surface area contributed by atoms with Crippen molar-refractivity contribution in [1.82, 2.24) is 0 Å². The molecule has 2 rings (SSSR count). The van der Waals surface area contributed by atoms with Crippen molar-refractivity contribution in [1.29, 1.82) is 0 Å². The van der Waals surface area contributed by atoms with E-state index in [2.05, 4.69) is 11.9 Å². The molecule has 0 aromatic heterocycles. The predicted molar refractivity (Wildman–Crippen MR) is 96.9 cm³/mol. The molecule has 1 amide bonds. The fraction of sp³-hybridized carbons (Fsp3) is 0.250. The Bertz CT molecular complexity index is 705. The van der Waals surface area contributed by atoms with Crippen molar-refractivity contribution in [2.75, 3.05) is 11.9 Å². The van der Waals surface area contributed by atoms with E-state index in [4.69, 9.17) is 9.47 Å². The summed E-state index contributed by atoms with van der Waals surface area (Å²) in [7, 11) is 0. The van der Waals surface area contributed by atoms with Gasteiger partial charge in [0.25, 0.3) is 5.91 Å². The van der Waals surface area contributed by atoms with Crippen LogP contribution in [0.25, 0.3) is 0 Å². The Morgan fingerprint density at radius 2 is 1.79 bits per heavy atom. The Labute approximate surface area is 143 Å². The van der Waals surface area contributed by atoms with Crippen LogP contribution in [0.3, 0.4) is 0 Å². The van der Waals surface area contributed by atoms with Gasteiger partial charge in [-0.1, -0.05) is 18.7 Å². The molecule has 0 saturated heterocycles. The maximum atomic E-state index is 12.5. The van der Waals surface area contributed by atoms with Crippen LogP contribution in [0.4, 0.5) is 5.69 Å². The molecule has 0 spiro atoms. The van der Waals surface area contributed by atoms with Gasteiger partial charge in [0.05, 0.1) is 11.7 Å². The molecule has 0 bridgehead atoms. The molecule has 0 aliphatic rings. The van der Waals surface area contributed by atoms with Gasteiger partial charge in [0.2, 0.25) is 0 Å². The van der Waals surface area contributed by atoms with Crippen molar-refractivity contribution in [3.8, 4) is 11.5 Å². The number of para-hydroxylation sites is 1. The summed E-state index contributed by atoms with van der Waals surface area (Å²) >= 11 is 0. The van der Waals surface area contributed by atoms with Gasteiger partial charge in [0.15, 0.2) is 0 Å². The lowest BCUT2D eigenvalue weighted by Gasteiger charge is -2.14. The number of hydrogen-bond donors (Lipinski definition) is 1. The van der Waals surface area contributed by atoms with Gasteiger partial charge in [0, 0.05) is 5.69 Å². The molecule has 4 nitrogen and oxygen atoms in total. The van der Waals surface area contributed by atoms with Gasteiger partial charge in [-0.15, -0.1) is 0 Å². The highest BCUT2D eigenvalue weighted by atomic mass is 16.5. The first kappa shape index (κ1) is 17.6. The molecule has 0 heterocycles. The summed E-state index contributed by atoms with van der Waals surface area (Å²) in [4.78, 5) is 12.5. The predicted octanol–water partition coefficient (Wildman–Crippen LogP) is 4.68. The number of carbonyl (C=O) groups is 1. The Hall–Kier alpha value is -2.75. The van der Waals surface area contributed by atoms with Gasteiger partial charge >= 0.3 is 0 Å². The number of rotatable bonds is 7. The molecule has 0 saturated carbocycles. The summed E-state index contributed by atoms with van der Waals surface area (Å²) in [5.74, 6) is 1.10. The van der Waals surface area contributed by atoms with Gasteiger partial charge < -0.3 is 14.8 Å². The summed E-state index contributed by atoms with van der Waals surface area (Å²) in [6, 6.07) is 14.4. The first-order chi connectivity index (χ1) is 11.5. The Morgan fingerprint density at radius 3 is 2.42 bits per heavy atom. The van der Waals surface area contributed by atoms with E-state index >= 15 is 0 Å². The maximum Gasteiger partial charge on any atom is 0.259 e. The highest BCUT2D eigenvalue weighted by Gasteiger charge is 2.13. The second-order valence-corrected chi connectivity index (χ2v) is 5.89. The quantitative estimate of drug-likeness (QED) is 0.752. The zero-order valence-corrected chi connectivity index (χ0v) is 14.3. The number of nitrogens with one attached hydrogen (secondary N) is 1. The molecular formula is C20H23NO3. The second-order valence-electron chi connectivity index (χ2n) is 5.89. The average molecular weight is 325 g/mol. The topological polar surface area (TPSA) is 47.6 Å². The molecule has 24 heavy (non-hydrogen) atoms. The number of carbonyl (C=O) groups excluding carboxylic acids is 1. The van der Waals surface area contributed by atoms with Crippen molar-refractivity contribution in [2.45, 2.75) is 26.9 Å². The van der Waals surface area contributed by atoms with Crippen LogP contribution in [-0.2, 0) is 0 Å². The second kappa shape index (κ2) is 8.20. The molecular weight excluding hydrogens is 302 g/mol. The molecule has 0 unspecified atom stereocenters. The van der Waals surface area contributed by atoms with E-state index in [0.29, 0.717) is 23.6 Å². The Kier molecular flexibility index (Phi) is 6.01. The van der Waals surface area contributed by atoms with E-state index in [9.17, 15) is 4.79 Å². The number of hydrogen-bond acceptors (Lipinski definition) is 3. The zero-order valence-electron chi connectivity index (χ0n) is 14.3. The van der Waals surface area contributed by atoms with E-state index in [1.165, 1.54) is 0 Å². The number of anilines is 1. The standard InChI is InChI=1S/C20H23NO3/c1-14(2)13-23-17-11-9-16(10-12-17)21-20(22)18-7-5-6-8-19(18)24-15(3)4/h5-12,15H,1,13H2,2-4H3,(H,21,22). The molecule has 1 N–H and O–H groups in total. The molecule has 126 valence electrons. The van der Waals surface area contributed by atoms with Crippen LogP contribution in [0, 0.1) is 0 Å². The van der Waals surface area contributed by atoms with E-state index in [1.807, 2.05) is 45.0 Å². The molecule has 0 radical (unpaired) electrons. The van der Waals surface area contributed by atoms with Gasteiger partial charge in [-0.2, -0.15) is 0 Å². The highest BCUT2D eigenvalue weighted by Crippen LogP contribution is 2.22. The van der Waals surface area contributed by atoms with Crippen LogP contribution >= 0.6 is 0 Å². The van der Waals surface area contributed by atoms with Gasteiger partial charge in [-0.3, -0.25) is 4.79 Å². The lowest BCUT2D eigenvalue weighted by atomic mass is 10.1. The van der Waals surface area contributed by atoms with Crippen LogP contribution in [0.15, 0.2) is 60.7 Å². The Balaban J connectivity index is 2.06. The first-order valence-electron chi connectivity index (χ1n) is 7.90. The van der Waals surface area contributed by atoms with Gasteiger partial charge in [0.1, 0.15) is 18.1 Å². The monoisotopic (exact) mass is 325 g/mol. The Morgan fingerprint density at radius 1 is 1.12 bits per heavy atom. The number of amides is 1. The van der Waals surface area contributed by atoms with E-state index in [-0.39, 0.29) is 12.0 Å². The molecule has 2 aromatic rings. The number of benzene rings is 2. The van der Waals surface area contributed by atoms with Crippen molar-refractivity contribution >= 4 is 11.6 Å². The van der Waals surface area contributed by atoms with E-state index < -0.39 is 0 Å². The third-order valence-electron chi connectivity index (χ3n) is 3.09.